The maximum atomic E-state index is 5.55. The maximum Gasteiger partial charge on any atom is 0.218 e. The van der Waals surface area contributed by atoms with E-state index < -0.39 is 0 Å². The summed E-state index contributed by atoms with van der Waals surface area (Å²) in [7, 11) is 5.65. The van der Waals surface area contributed by atoms with E-state index in [0.717, 1.165) is 53.2 Å². The van der Waals surface area contributed by atoms with E-state index in [9.17, 15) is 0 Å². The van der Waals surface area contributed by atoms with E-state index in [1.807, 2.05) is 52.5 Å². The molecule has 30 heavy (non-hydrogen) atoms. The van der Waals surface area contributed by atoms with Crippen LogP contribution in [0.25, 0.3) is 28.4 Å². The zero-order chi connectivity index (χ0) is 20.8. The van der Waals surface area contributed by atoms with Crippen molar-refractivity contribution < 1.29 is 4.74 Å². The second-order valence-corrected chi connectivity index (χ2v) is 7.99. The fraction of sp³-hybridized carbons (Fsp3) is 0.429. The zero-order valence-electron chi connectivity index (χ0n) is 17.7. The van der Waals surface area contributed by atoms with Crippen molar-refractivity contribution in [3.05, 3.63) is 36.4 Å². The lowest BCUT2D eigenvalue weighted by molar-refractivity contribution is 0.108. The van der Waals surface area contributed by atoms with Crippen LogP contribution in [0.2, 0.25) is 0 Å². The minimum Gasteiger partial charge on any atom is -0.381 e. The molecular weight excluding hydrogens is 380 g/mol. The van der Waals surface area contributed by atoms with Crippen LogP contribution in [0.5, 0.6) is 0 Å². The first kappa shape index (κ1) is 18.8. The molecule has 4 aromatic heterocycles. The molecule has 1 aliphatic carbocycles. The number of aryl methyl sites for hydroxylation is 3. The summed E-state index contributed by atoms with van der Waals surface area (Å²) in [6.07, 6.45) is 11.0. The molecule has 0 aromatic carbocycles. The number of hydrogen-bond donors (Lipinski definition) is 1. The number of methoxy groups -OCH3 is 1. The van der Waals surface area contributed by atoms with E-state index in [1.165, 1.54) is 0 Å². The van der Waals surface area contributed by atoms with Crippen LogP contribution in [0.15, 0.2) is 30.9 Å². The molecular formula is C21H26N8O. The molecule has 5 rings (SSSR count). The van der Waals surface area contributed by atoms with Gasteiger partial charge < -0.3 is 14.6 Å². The highest BCUT2D eigenvalue weighted by Crippen LogP contribution is 2.33. The highest BCUT2D eigenvalue weighted by atomic mass is 16.5. The standard InChI is InChI=1S/C21H26N8O/c1-13-16(17-7-9-28(3)25-17)12-29-18(13)19(23-14-5-6-15(11-14)30-4)24-20(26-29)21-22-8-10-27(21)2/h7-10,12,14-15H,5-6,11H2,1-4H3,(H,23,24,26)/t14-,15-/m1/s1. The van der Waals surface area contributed by atoms with E-state index in [4.69, 9.17) is 14.8 Å². The van der Waals surface area contributed by atoms with Crippen molar-refractivity contribution in [2.45, 2.75) is 38.3 Å². The van der Waals surface area contributed by atoms with Gasteiger partial charge in [0.1, 0.15) is 5.52 Å². The number of aromatic nitrogens is 7. The third kappa shape index (κ3) is 3.15. The van der Waals surface area contributed by atoms with Gasteiger partial charge in [0.05, 0.1) is 11.8 Å². The molecule has 0 amide bonds. The normalized spacial score (nSPS) is 19.1. The predicted octanol–water partition coefficient (Wildman–Crippen LogP) is 2.82. The van der Waals surface area contributed by atoms with E-state index in [2.05, 4.69) is 22.3 Å². The minimum atomic E-state index is 0.298. The molecule has 0 unspecified atom stereocenters. The lowest BCUT2D eigenvalue weighted by atomic mass is 10.1. The van der Waals surface area contributed by atoms with Crippen LogP contribution < -0.4 is 5.32 Å². The van der Waals surface area contributed by atoms with Gasteiger partial charge in [-0.25, -0.2) is 14.5 Å². The maximum absolute atomic E-state index is 5.55. The Morgan fingerprint density at radius 1 is 1.17 bits per heavy atom. The SMILES string of the molecule is CO[C@@H]1CC[C@@H](Nc2nc(-c3nccn3C)nn3cc(-c4ccn(C)n4)c(C)c23)C1. The Morgan fingerprint density at radius 3 is 2.70 bits per heavy atom. The number of anilines is 1. The molecule has 2 atom stereocenters. The first-order valence-corrected chi connectivity index (χ1v) is 10.2. The molecule has 9 nitrogen and oxygen atoms in total. The molecule has 4 aromatic rings. The molecule has 1 aliphatic rings. The topological polar surface area (TPSA) is 87.1 Å². The average Bonchev–Trinajstić information content (AvgIpc) is 3.50. The monoisotopic (exact) mass is 406 g/mol. The fourth-order valence-corrected chi connectivity index (χ4v) is 4.30. The van der Waals surface area contributed by atoms with Gasteiger partial charge in [0.25, 0.3) is 0 Å². The van der Waals surface area contributed by atoms with Crippen LogP contribution >= 0.6 is 0 Å². The Morgan fingerprint density at radius 2 is 2.03 bits per heavy atom. The average molecular weight is 406 g/mol. The van der Waals surface area contributed by atoms with Crippen LogP contribution in [0.3, 0.4) is 0 Å². The number of imidazole rings is 1. The number of ether oxygens (including phenoxy) is 1. The molecule has 1 N–H and O–H groups in total. The van der Waals surface area contributed by atoms with E-state index in [-0.39, 0.29) is 0 Å². The van der Waals surface area contributed by atoms with Crippen molar-refractivity contribution in [2.75, 3.05) is 12.4 Å². The van der Waals surface area contributed by atoms with Crippen LogP contribution in [0.1, 0.15) is 24.8 Å². The van der Waals surface area contributed by atoms with E-state index >= 15 is 0 Å². The number of hydrogen-bond acceptors (Lipinski definition) is 6. The Labute approximate surface area is 174 Å². The first-order chi connectivity index (χ1) is 14.5. The van der Waals surface area contributed by atoms with Gasteiger partial charge in [-0.2, -0.15) is 5.10 Å². The Bertz CT molecular complexity index is 1200. The summed E-state index contributed by atoms with van der Waals surface area (Å²) in [5.41, 5.74) is 4.04. The molecule has 4 heterocycles. The van der Waals surface area contributed by atoms with Gasteiger partial charge in [-0.05, 0) is 37.8 Å². The quantitative estimate of drug-likeness (QED) is 0.548. The summed E-state index contributed by atoms with van der Waals surface area (Å²) < 4.78 is 11.2. The summed E-state index contributed by atoms with van der Waals surface area (Å²) in [5, 5.41) is 13.0. The van der Waals surface area contributed by atoms with E-state index in [0.29, 0.717) is 18.0 Å². The van der Waals surface area contributed by atoms with E-state index in [1.54, 1.807) is 13.3 Å². The van der Waals surface area contributed by atoms with Gasteiger partial charge in [0, 0.05) is 57.6 Å². The minimum absolute atomic E-state index is 0.298. The number of fused-ring (bicyclic) bond motifs is 1. The van der Waals surface area contributed by atoms with Crippen molar-refractivity contribution >= 4 is 11.3 Å². The molecule has 0 aliphatic heterocycles. The van der Waals surface area contributed by atoms with Gasteiger partial charge in [-0.3, -0.25) is 4.68 Å². The smallest absolute Gasteiger partial charge is 0.218 e. The molecule has 0 spiro atoms. The van der Waals surface area contributed by atoms with Gasteiger partial charge in [-0.1, -0.05) is 0 Å². The lowest BCUT2D eigenvalue weighted by Crippen LogP contribution is -2.19. The van der Waals surface area contributed by atoms with Crippen molar-refractivity contribution in [2.24, 2.45) is 14.1 Å². The zero-order valence-corrected chi connectivity index (χ0v) is 17.7. The summed E-state index contributed by atoms with van der Waals surface area (Å²) in [6, 6.07) is 2.33. The lowest BCUT2D eigenvalue weighted by Gasteiger charge is -2.16. The highest BCUT2D eigenvalue weighted by molar-refractivity contribution is 5.82. The van der Waals surface area contributed by atoms with Gasteiger partial charge in [0.15, 0.2) is 11.6 Å². The summed E-state index contributed by atoms with van der Waals surface area (Å²) in [5.74, 6) is 2.14. The summed E-state index contributed by atoms with van der Waals surface area (Å²) >= 11 is 0. The number of nitrogens with zero attached hydrogens (tertiary/aromatic N) is 7. The molecule has 1 saturated carbocycles. The van der Waals surface area contributed by atoms with Crippen molar-refractivity contribution in [1.82, 2.24) is 33.9 Å². The Balaban J connectivity index is 1.64. The number of nitrogens with one attached hydrogen (secondary N) is 1. The van der Waals surface area contributed by atoms with Crippen LogP contribution in [0.4, 0.5) is 5.82 Å². The predicted molar refractivity (Wildman–Crippen MR) is 114 cm³/mol. The first-order valence-electron chi connectivity index (χ1n) is 10.2. The molecule has 0 bridgehead atoms. The Hall–Kier alpha value is -3.20. The second kappa shape index (κ2) is 7.24. The second-order valence-electron chi connectivity index (χ2n) is 7.99. The van der Waals surface area contributed by atoms with Gasteiger partial charge in [-0.15, -0.1) is 5.10 Å². The highest BCUT2D eigenvalue weighted by Gasteiger charge is 2.27. The van der Waals surface area contributed by atoms with Crippen molar-refractivity contribution in [1.29, 1.82) is 0 Å². The largest absolute Gasteiger partial charge is 0.381 e. The Kier molecular flexibility index (Phi) is 4.54. The van der Waals surface area contributed by atoms with Crippen molar-refractivity contribution in [3.8, 4) is 22.9 Å². The fourth-order valence-electron chi connectivity index (χ4n) is 4.30. The number of rotatable bonds is 5. The third-order valence-electron chi connectivity index (χ3n) is 5.95. The summed E-state index contributed by atoms with van der Waals surface area (Å²) in [6.45, 7) is 2.10. The van der Waals surface area contributed by atoms with Crippen LogP contribution in [0, 0.1) is 6.92 Å². The molecule has 0 saturated heterocycles. The van der Waals surface area contributed by atoms with Crippen molar-refractivity contribution in [3.63, 3.8) is 0 Å². The summed E-state index contributed by atoms with van der Waals surface area (Å²) in [4.78, 5) is 9.34. The van der Waals surface area contributed by atoms with Crippen LogP contribution in [-0.2, 0) is 18.8 Å². The third-order valence-corrected chi connectivity index (χ3v) is 5.95. The van der Waals surface area contributed by atoms with Crippen LogP contribution in [-0.4, -0.2) is 53.2 Å². The molecule has 1 fully saturated rings. The van der Waals surface area contributed by atoms with Gasteiger partial charge >= 0.3 is 0 Å². The molecule has 156 valence electrons. The van der Waals surface area contributed by atoms with Gasteiger partial charge in [0.2, 0.25) is 5.82 Å². The molecule has 0 radical (unpaired) electrons. The molecule has 9 heteroatoms.